The summed E-state index contributed by atoms with van der Waals surface area (Å²) in [6, 6.07) is 0. The van der Waals surface area contributed by atoms with Crippen molar-refractivity contribution in [2.45, 2.75) is 41.5 Å². The molecule has 0 atom stereocenters. The van der Waals surface area contributed by atoms with Crippen molar-refractivity contribution in [3.05, 3.63) is 11.6 Å². The lowest BCUT2D eigenvalue weighted by Gasteiger charge is -2.25. The zero-order valence-electron chi connectivity index (χ0n) is 9.36. The molecule has 12 heavy (non-hydrogen) atoms. The predicted octanol–water partition coefficient (Wildman–Crippen LogP) is 2.96. The lowest BCUT2D eigenvalue weighted by molar-refractivity contribution is 0.464. The minimum Gasteiger partial charge on any atom is -0.327 e. The Hall–Kier alpha value is -0.300. The Morgan fingerprint density at radius 3 is 1.58 bits per heavy atom. The van der Waals surface area contributed by atoms with Gasteiger partial charge in [0.25, 0.3) is 0 Å². The van der Waals surface area contributed by atoms with Gasteiger partial charge in [0.15, 0.2) is 0 Å². The molecule has 0 bridgehead atoms. The average molecular weight is 169 g/mol. The molecule has 0 aliphatic carbocycles. The van der Waals surface area contributed by atoms with Gasteiger partial charge in [-0.2, -0.15) is 0 Å². The monoisotopic (exact) mass is 169 g/mol. The summed E-state index contributed by atoms with van der Waals surface area (Å²) in [7, 11) is 0. The van der Waals surface area contributed by atoms with Crippen LogP contribution in [0, 0.1) is 10.8 Å². The molecule has 0 aromatic heterocycles. The molecular formula is C11H23N. The first-order valence-electron chi connectivity index (χ1n) is 4.59. The van der Waals surface area contributed by atoms with Crippen LogP contribution in [0.3, 0.4) is 0 Å². The van der Waals surface area contributed by atoms with E-state index in [0.717, 1.165) is 0 Å². The van der Waals surface area contributed by atoms with Crippen molar-refractivity contribution < 1.29 is 0 Å². The summed E-state index contributed by atoms with van der Waals surface area (Å²) in [6.07, 6.45) is 2.28. The standard InChI is InChI=1S/C11H23N/c1-10(2,3)7-9(8-12)11(4,5)6/h7H,8,12H2,1-6H3/b9-7+. The molecule has 1 heteroatoms. The fourth-order valence-electron chi connectivity index (χ4n) is 1.10. The molecular weight excluding hydrogens is 146 g/mol. The van der Waals surface area contributed by atoms with Gasteiger partial charge in [0.05, 0.1) is 0 Å². The molecule has 0 fully saturated rings. The van der Waals surface area contributed by atoms with Gasteiger partial charge in [-0.1, -0.05) is 53.2 Å². The maximum atomic E-state index is 5.70. The first-order valence-corrected chi connectivity index (χ1v) is 4.59. The van der Waals surface area contributed by atoms with Crippen LogP contribution in [0.4, 0.5) is 0 Å². The zero-order valence-corrected chi connectivity index (χ0v) is 9.36. The molecule has 0 rings (SSSR count). The van der Waals surface area contributed by atoms with E-state index >= 15 is 0 Å². The number of hydrogen-bond donors (Lipinski definition) is 1. The van der Waals surface area contributed by atoms with Crippen molar-refractivity contribution in [1.82, 2.24) is 0 Å². The first-order chi connectivity index (χ1) is 5.17. The Morgan fingerprint density at radius 2 is 1.50 bits per heavy atom. The Balaban J connectivity index is 4.68. The number of allylic oxidation sites excluding steroid dienone is 1. The smallest absolute Gasteiger partial charge is 0.0142 e. The molecule has 72 valence electrons. The third-order valence-electron chi connectivity index (χ3n) is 1.79. The normalized spacial score (nSPS) is 15.1. The van der Waals surface area contributed by atoms with E-state index in [1.54, 1.807) is 0 Å². The van der Waals surface area contributed by atoms with Crippen molar-refractivity contribution in [3.8, 4) is 0 Å². The second-order valence-corrected chi connectivity index (χ2v) is 5.49. The van der Waals surface area contributed by atoms with Crippen LogP contribution < -0.4 is 5.73 Å². The topological polar surface area (TPSA) is 26.0 Å². The van der Waals surface area contributed by atoms with Gasteiger partial charge in [0.2, 0.25) is 0 Å². The SMILES string of the molecule is CC(C)(C)/C=C(\CN)C(C)(C)C. The van der Waals surface area contributed by atoms with Gasteiger partial charge in [-0.05, 0) is 10.8 Å². The summed E-state index contributed by atoms with van der Waals surface area (Å²) in [5.74, 6) is 0. The van der Waals surface area contributed by atoms with Gasteiger partial charge in [-0.15, -0.1) is 0 Å². The third-order valence-corrected chi connectivity index (χ3v) is 1.79. The number of rotatable bonds is 1. The Kier molecular flexibility index (Phi) is 3.52. The highest BCUT2D eigenvalue weighted by atomic mass is 14.5. The van der Waals surface area contributed by atoms with Crippen molar-refractivity contribution in [3.63, 3.8) is 0 Å². The quantitative estimate of drug-likeness (QED) is 0.600. The molecule has 1 nitrogen and oxygen atoms in total. The summed E-state index contributed by atoms with van der Waals surface area (Å²) >= 11 is 0. The molecule has 0 radical (unpaired) electrons. The first kappa shape index (κ1) is 11.7. The van der Waals surface area contributed by atoms with Crippen LogP contribution in [0.25, 0.3) is 0 Å². The van der Waals surface area contributed by atoms with Gasteiger partial charge in [-0.3, -0.25) is 0 Å². The molecule has 0 spiro atoms. The van der Waals surface area contributed by atoms with E-state index in [9.17, 15) is 0 Å². The maximum Gasteiger partial charge on any atom is 0.0142 e. The highest BCUT2D eigenvalue weighted by Gasteiger charge is 2.18. The van der Waals surface area contributed by atoms with Crippen LogP contribution in [-0.4, -0.2) is 6.54 Å². The predicted molar refractivity (Wildman–Crippen MR) is 56.0 cm³/mol. The van der Waals surface area contributed by atoms with E-state index in [0.29, 0.717) is 6.54 Å². The second kappa shape index (κ2) is 3.61. The van der Waals surface area contributed by atoms with E-state index < -0.39 is 0 Å². The lowest BCUT2D eigenvalue weighted by atomic mass is 9.81. The minimum atomic E-state index is 0.210. The van der Waals surface area contributed by atoms with E-state index in [2.05, 4.69) is 47.6 Å². The fourth-order valence-corrected chi connectivity index (χ4v) is 1.10. The molecule has 0 aromatic rings. The van der Waals surface area contributed by atoms with Crippen molar-refractivity contribution in [1.29, 1.82) is 0 Å². The van der Waals surface area contributed by atoms with Crippen LogP contribution >= 0.6 is 0 Å². The highest BCUT2D eigenvalue weighted by molar-refractivity contribution is 5.15. The molecule has 0 heterocycles. The van der Waals surface area contributed by atoms with Crippen LogP contribution in [0.5, 0.6) is 0 Å². The average Bonchev–Trinajstić information content (AvgIpc) is 1.78. The number of nitrogens with two attached hydrogens (primary N) is 1. The van der Waals surface area contributed by atoms with E-state index in [4.69, 9.17) is 5.73 Å². The molecule has 0 saturated heterocycles. The Labute approximate surface area is 77.0 Å². The van der Waals surface area contributed by atoms with Crippen LogP contribution in [-0.2, 0) is 0 Å². The maximum absolute atomic E-state index is 5.70. The van der Waals surface area contributed by atoms with Crippen LogP contribution in [0.1, 0.15) is 41.5 Å². The van der Waals surface area contributed by atoms with E-state index in [1.165, 1.54) is 5.57 Å². The summed E-state index contributed by atoms with van der Waals surface area (Å²) in [6.45, 7) is 13.9. The third kappa shape index (κ3) is 4.55. The molecule has 0 unspecified atom stereocenters. The molecule has 0 aliphatic rings. The van der Waals surface area contributed by atoms with Gasteiger partial charge in [0.1, 0.15) is 0 Å². The summed E-state index contributed by atoms with van der Waals surface area (Å²) < 4.78 is 0. The molecule has 0 aromatic carbocycles. The molecule has 0 amide bonds. The van der Waals surface area contributed by atoms with E-state index in [1.807, 2.05) is 0 Å². The fraction of sp³-hybridized carbons (Fsp3) is 0.818. The Bertz CT molecular complexity index is 164. The van der Waals surface area contributed by atoms with Gasteiger partial charge in [0, 0.05) is 6.54 Å². The summed E-state index contributed by atoms with van der Waals surface area (Å²) in [5.41, 5.74) is 7.49. The van der Waals surface area contributed by atoms with Crippen LogP contribution in [0.2, 0.25) is 0 Å². The van der Waals surface area contributed by atoms with E-state index in [-0.39, 0.29) is 10.8 Å². The second-order valence-electron chi connectivity index (χ2n) is 5.49. The summed E-state index contributed by atoms with van der Waals surface area (Å²) in [5, 5.41) is 0. The lowest BCUT2D eigenvalue weighted by Crippen LogP contribution is -2.20. The molecule has 0 aliphatic heterocycles. The zero-order chi connectivity index (χ0) is 9.99. The van der Waals surface area contributed by atoms with Crippen molar-refractivity contribution in [2.24, 2.45) is 16.6 Å². The minimum absolute atomic E-state index is 0.210. The highest BCUT2D eigenvalue weighted by Crippen LogP contribution is 2.28. The summed E-state index contributed by atoms with van der Waals surface area (Å²) in [4.78, 5) is 0. The van der Waals surface area contributed by atoms with Crippen molar-refractivity contribution in [2.75, 3.05) is 6.54 Å². The largest absolute Gasteiger partial charge is 0.327 e. The Morgan fingerprint density at radius 1 is 1.08 bits per heavy atom. The van der Waals surface area contributed by atoms with Crippen molar-refractivity contribution >= 4 is 0 Å². The number of hydrogen-bond acceptors (Lipinski definition) is 1. The molecule has 2 N–H and O–H groups in total. The molecule has 0 saturated carbocycles. The van der Waals surface area contributed by atoms with Gasteiger partial charge >= 0.3 is 0 Å². The van der Waals surface area contributed by atoms with Gasteiger partial charge < -0.3 is 5.73 Å². The van der Waals surface area contributed by atoms with Gasteiger partial charge in [-0.25, -0.2) is 0 Å². The van der Waals surface area contributed by atoms with Crippen LogP contribution in [0.15, 0.2) is 11.6 Å².